The van der Waals surface area contributed by atoms with Crippen LogP contribution in [0.3, 0.4) is 0 Å². The van der Waals surface area contributed by atoms with Crippen LogP contribution in [0.5, 0.6) is 0 Å². The minimum Gasteiger partial charge on any atom is -0.298 e. The second-order valence-corrected chi connectivity index (χ2v) is 6.28. The predicted octanol–water partition coefficient (Wildman–Crippen LogP) is 3.52. The van der Waals surface area contributed by atoms with Crippen molar-refractivity contribution in [3.63, 3.8) is 0 Å². The highest BCUT2D eigenvalue weighted by Gasteiger charge is 2.31. The first-order valence-corrected chi connectivity index (χ1v) is 6.93. The molecule has 0 N–H and O–H groups in total. The highest BCUT2D eigenvalue weighted by molar-refractivity contribution is 5.98. The van der Waals surface area contributed by atoms with Crippen molar-refractivity contribution in [1.29, 1.82) is 0 Å². The lowest BCUT2D eigenvalue weighted by molar-refractivity contribution is 0.0672. The third-order valence-corrected chi connectivity index (χ3v) is 3.95. The molecular formula is C16H22FNO. The average molecular weight is 263 g/mol. The van der Waals surface area contributed by atoms with Crippen molar-refractivity contribution in [2.75, 3.05) is 13.1 Å². The Bertz CT molecular complexity index is 456. The molecule has 1 aliphatic heterocycles. The monoisotopic (exact) mass is 263 g/mol. The van der Waals surface area contributed by atoms with Gasteiger partial charge in [0, 0.05) is 11.5 Å². The first-order chi connectivity index (χ1) is 8.89. The molecule has 2 rings (SSSR count). The van der Waals surface area contributed by atoms with E-state index in [1.54, 1.807) is 18.2 Å². The molecular weight excluding hydrogens is 241 g/mol. The molecule has 0 bridgehead atoms. The Balaban J connectivity index is 2.03. The molecule has 0 radical (unpaired) electrons. The van der Waals surface area contributed by atoms with Gasteiger partial charge < -0.3 is 0 Å². The van der Waals surface area contributed by atoms with E-state index in [0.717, 1.165) is 25.9 Å². The number of benzene rings is 1. The van der Waals surface area contributed by atoms with Gasteiger partial charge in [-0.3, -0.25) is 9.69 Å². The molecule has 1 saturated heterocycles. The van der Waals surface area contributed by atoms with Crippen LogP contribution in [0, 0.1) is 11.7 Å². The molecule has 1 heterocycles. The van der Waals surface area contributed by atoms with E-state index in [-0.39, 0.29) is 22.8 Å². The summed E-state index contributed by atoms with van der Waals surface area (Å²) in [5.74, 6) is -0.465. The molecule has 1 aromatic carbocycles. The minimum absolute atomic E-state index is 0.0319. The number of carbonyl (C=O) groups excluding carboxylic acids is 1. The van der Waals surface area contributed by atoms with Crippen molar-refractivity contribution < 1.29 is 9.18 Å². The SMILES string of the molecule is CC(C)(C)N1CCC(C(=O)c2ccccc2F)CC1. The number of nitrogens with zero attached hydrogens (tertiary/aromatic N) is 1. The Kier molecular flexibility index (Phi) is 4.04. The molecule has 0 aromatic heterocycles. The number of rotatable bonds is 2. The number of halogens is 1. The fourth-order valence-electron chi connectivity index (χ4n) is 2.69. The zero-order valence-electron chi connectivity index (χ0n) is 11.9. The molecule has 1 aliphatic rings. The van der Waals surface area contributed by atoms with E-state index in [1.165, 1.54) is 6.07 Å². The Hall–Kier alpha value is -1.22. The van der Waals surface area contributed by atoms with E-state index in [4.69, 9.17) is 0 Å². The molecule has 0 spiro atoms. The summed E-state index contributed by atoms with van der Waals surface area (Å²) in [6.45, 7) is 8.38. The maximum Gasteiger partial charge on any atom is 0.168 e. The van der Waals surface area contributed by atoms with Gasteiger partial charge in [0.2, 0.25) is 0 Å². The summed E-state index contributed by atoms with van der Waals surface area (Å²) < 4.78 is 13.6. The molecule has 0 amide bonds. The second-order valence-electron chi connectivity index (χ2n) is 6.28. The Labute approximate surface area is 114 Å². The van der Waals surface area contributed by atoms with Crippen molar-refractivity contribution >= 4 is 5.78 Å². The quantitative estimate of drug-likeness (QED) is 0.761. The molecule has 0 unspecified atom stereocenters. The van der Waals surface area contributed by atoms with Crippen molar-refractivity contribution in [2.45, 2.75) is 39.2 Å². The maximum atomic E-state index is 13.6. The number of ketones is 1. The van der Waals surface area contributed by atoms with E-state index < -0.39 is 5.82 Å². The fraction of sp³-hybridized carbons (Fsp3) is 0.562. The van der Waals surface area contributed by atoms with Crippen LogP contribution in [-0.2, 0) is 0 Å². The van der Waals surface area contributed by atoms with Gasteiger partial charge in [0.1, 0.15) is 5.82 Å². The van der Waals surface area contributed by atoms with Gasteiger partial charge in [-0.25, -0.2) is 4.39 Å². The summed E-state index contributed by atoms with van der Waals surface area (Å²) >= 11 is 0. The van der Waals surface area contributed by atoms with Crippen LogP contribution in [0.1, 0.15) is 44.0 Å². The van der Waals surface area contributed by atoms with Crippen molar-refractivity contribution in [2.24, 2.45) is 5.92 Å². The summed E-state index contributed by atoms with van der Waals surface area (Å²) in [7, 11) is 0. The molecule has 19 heavy (non-hydrogen) atoms. The molecule has 0 saturated carbocycles. The number of likely N-dealkylation sites (tertiary alicyclic amines) is 1. The van der Waals surface area contributed by atoms with Crippen LogP contribution in [0.25, 0.3) is 0 Å². The normalized spacial score (nSPS) is 18.5. The average Bonchev–Trinajstić information content (AvgIpc) is 2.38. The van der Waals surface area contributed by atoms with Gasteiger partial charge in [-0.05, 0) is 58.8 Å². The van der Waals surface area contributed by atoms with E-state index >= 15 is 0 Å². The van der Waals surface area contributed by atoms with Crippen LogP contribution in [0.2, 0.25) is 0 Å². The van der Waals surface area contributed by atoms with Crippen LogP contribution in [0.15, 0.2) is 24.3 Å². The van der Waals surface area contributed by atoms with Gasteiger partial charge in [0.15, 0.2) is 5.78 Å². The van der Waals surface area contributed by atoms with Gasteiger partial charge in [-0.1, -0.05) is 12.1 Å². The first kappa shape index (κ1) is 14.2. The lowest BCUT2D eigenvalue weighted by atomic mass is 9.87. The third kappa shape index (κ3) is 3.21. The lowest BCUT2D eigenvalue weighted by Gasteiger charge is -2.40. The predicted molar refractivity (Wildman–Crippen MR) is 74.8 cm³/mol. The van der Waals surface area contributed by atoms with Crippen LogP contribution >= 0.6 is 0 Å². The van der Waals surface area contributed by atoms with Crippen molar-refractivity contribution in [1.82, 2.24) is 4.90 Å². The molecule has 104 valence electrons. The summed E-state index contributed by atoms with van der Waals surface area (Å²) in [6, 6.07) is 6.29. The zero-order chi connectivity index (χ0) is 14.0. The Morgan fingerprint density at radius 2 is 1.79 bits per heavy atom. The van der Waals surface area contributed by atoms with E-state index in [2.05, 4.69) is 25.7 Å². The van der Waals surface area contributed by atoms with Crippen LogP contribution < -0.4 is 0 Å². The standard InChI is InChI=1S/C16H22FNO/c1-16(2,3)18-10-8-12(9-11-18)15(19)13-6-4-5-7-14(13)17/h4-7,12H,8-11H2,1-3H3. The van der Waals surface area contributed by atoms with E-state index in [1.807, 2.05) is 0 Å². The lowest BCUT2D eigenvalue weighted by Crippen LogP contribution is -2.47. The van der Waals surface area contributed by atoms with Crippen molar-refractivity contribution in [3.05, 3.63) is 35.6 Å². The van der Waals surface area contributed by atoms with Gasteiger partial charge >= 0.3 is 0 Å². The Morgan fingerprint density at radius 1 is 1.21 bits per heavy atom. The second kappa shape index (κ2) is 5.41. The van der Waals surface area contributed by atoms with Gasteiger partial charge in [-0.2, -0.15) is 0 Å². The summed E-state index contributed by atoms with van der Waals surface area (Å²) in [4.78, 5) is 14.7. The largest absolute Gasteiger partial charge is 0.298 e. The molecule has 1 aromatic rings. The van der Waals surface area contributed by atoms with Crippen molar-refractivity contribution in [3.8, 4) is 0 Å². The Morgan fingerprint density at radius 3 is 2.32 bits per heavy atom. The number of Topliss-reactive ketones (excluding diaryl/α,β-unsaturated/α-hetero) is 1. The topological polar surface area (TPSA) is 20.3 Å². The fourth-order valence-corrected chi connectivity index (χ4v) is 2.69. The highest BCUT2D eigenvalue weighted by Crippen LogP contribution is 2.26. The van der Waals surface area contributed by atoms with Crippen LogP contribution in [-0.4, -0.2) is 29.3 Å². The van der Waals surface area contributed by atoms with Crippen LogP contribution in [0.4, 0.5) is 4.39 Å². The smallest absolute Gasteiger partial charge is 0.168 e. The number of carbonyl (C=O) groups is 1. The third-order valence-electron chi connectivity index (χ3n) is 3.95. The first-order valence-electron chi connectivity index (χ1n) is 6.93. The molecule has 1 fully saturated rings. The number of hydrogen-bond donors (Lipinski definition) is 0. The molecule has 2 nitrogen and oxygen atoms in total. The number of piperidine rings is 1. The maximum absolute atomic E-state index is 13.6. The zero-order valence-corrected chi connectivity index (χ0v) is 11.9. The van der Waals surface area contributed by atoms with E-state index in [9.17, 15) is 9.18 Å². The summed E-state index contributed by atoms with van der Waals surface area (Å²) in [5.41, 5.74) is 0.392. The van der Waals surface area contributed by atoms with Gasteiger partial charge in [0.05, 0.1) is 5.56 Å². The summed E-state index contributed by atoms with van der Waals surface area (Å²) in [6.07, 6.45) is 1.65. The molecule has 0 atom stereocenters. The minimum atomic E-state index is -0.397. The van der Waals surface area contributed by atoms with E-state index in [0.29, 0.717) is 0 Å². The van der Waals surface area contributed by atoms with Gasteiger partial charge in [-0.15, -0.1) is 0 Å². The van der Waals surface area contributed by atoms with Gasteiger partial charge in [0.25, 0.3) is 0 Å². The molecule has 0 aliphatic carbocycles. The number of hydrogen-bond acceptors (Lipinski definition) is 2. The summed E-state index contributed by atoms with van der Waals surface area (Å²) in [5, 5.41) is 0. The molecule has 3 heteroatoms. The highest BCUT2D eigenvalue weighted by atomic mass is 19.1.